The van der Waals surface area contributed by atoms with Gasteiger partial charge in [0.1, 0.15) is 13.7 Å². The van der Waals surface area contributed by atoms with Crippen molar-refractivity contribution in [2.75, 3.05) is 0 Å². The fourth-order valence-electron chi connectivity index (χ4n) is 0.523. The van der Waals surface area contributed by atoms with Crippen LogP contribution in [-0.4, -0.2) is 12.8 Å². The van der Waals surface area contributed by atoms with Crippen LogP contribution in [0.15, 0.2) is 12.3 Å². The molecule has 1 nitrogen and oxygen atoms in total. The summed E-state index contributed by atoms with van der Waals surface area (Å²) in [5.41, 5.74) is 1.06. The zero-order valence-electron chi connectivity index (χ0n) is 5.06. The Morgan fingerprint density at radius 1 is 1.67 bits per heavy atom. The molecular formula is C6H5BFN. The highest BCUT2D eigenvalue weighted by Crippen LogP contribution is 1.91. The standard InChI is InChI=1S/C6H5BFN/c1-4-6(7)2-5(8)3-9-4/h2-3H,1H3. The van der Waals surface area contributed by atoms with Crippen LogP contribution in [0.25, 0.3) is 0 Å². The molecule has 1 heterocycles. The fraction of sp³-hybridized carbons (Fsp3) is 0.167. The normalized spacial score (nSPS) is 9.56. The topological polar surface area (TPSA) is 12.9 Å². The summed E-state index contributed by atoms with van der Waals surface area (Å²) in [6.07, 6.45) is 1.14. The van der Waals surface area contributed by atoms with Gasteiger partial charge in [-0.25, -0.2) is 4.39 Å². The Morgan fingerprint density at radius 3 is 2.78 bits per heavy atom. The molecule has 0 spiro atoms. The fourth-order valence-corrected chi connectivity index (χ4v) is 0.523. The minimum absolute atomic E-state index is 0.391. The SMILES string of the molecule is [B]c1cc(F)cnc1C. The maximum atomic E-state index is 12.2. The molecule has 0 saturated heterocycles. The lowest BCUT2D eigenvalue weighted by Crippen LogP contribution is -2.09. The number of hydrogen-bond acceptors (Lipinski definition) is 1. The van der Waals surface area contributed by atoms with Gasteiger partial charge in [-0.3, -0.25) is 4.98 Å². The lowest BCUT2D eigenvalue weighted by molar-refractivity contribution is 0.622. The zero-order valence-corrected chi connectivity index (χ0v) is 5.06. The third-order valence-corrected chi connectivity index (χ3v) is 1.09. The van der Waals surface area contributed by atoms with Gasteiger partial charge in [0.2, 0.25) is 0 Å². The molecule has 0 aliphatic carbocycles. The number of aryl methyl sites for hydroxylation is 1. The van der Waals surface area contributed by atoms with E-state index < -0.39 is 5.82 Å². The van der Waals surface area contributed by atoms with Crippen molar-refractivity contribution in [3.05, 3.63) is 23.8 Å². The molecular weight excluding hydrogens is 116 g/mol. The first-order valence-electron chi connectivity index (χ1n) is 2.58. The smallest absolute Gasteiger partial charge is 0.140 e. The van der Waals surface area contributed by atoms with Crippen molar-refractivity contribution in [1.29, 1.82) is 0 Å². The molecule has 0 amide bonds. The minimum Gasteiger partial charge on any atom is -0.259 e. The van der Waals surface area contributed by atoms with E-state index in [0.29, 0.717) is 11.2 Å². The van der Waals surface area contributed by atoms with Gasteiger partial charge in [0, 0.05) is 5.69 Å². The second kappa shape index (κ2) is 2.17. The van der Waals surface area contributed by atoms with Gasteiger partial charge < -0.3 is 0 Å². The van der Waals surface area contributed by atoms with Crippen molar-refractivity contribution in [1.82, 2.24) is 4.98 Å². The summed E-state index contributed by atoms with van der Waals surface area (Å²) in [6, 6.07) is 1.25. The van der Waals surface area contributed by atoms with Gasteiger partial charge in [-0.1, -0.05) is 5.46 Å². The first-order valence-corrected chi connectivity index (χ1v) is 2.58. The van der Waals surface area contributed by atoms with Gasteiger partial charge in [-0.05, 0) is 13.0 Å². The molecule has 0 N–H and O–H groups in total. The highest BCUT2D eigenvalue weighted by atomic mass is 19.1. The third kappa shape index (κ3) is 1.28. The highest BCUT2D eigenvalue weighted by Gasteiger charge is 1.93. The zero-order chi connectivity index (χ0) is 6.85. The van der Waals surface area contributed by atoms with Crippen LogP contribution in [0.1, 0.15) is 5.69 Å². The predicted molar refractivity (Wildman–Crippen MR) is 34.3 cm³/mol. The van der Waals surface area contributed by atoms with Crippen LogP contribution in [-0.2, 0) is 0 Å². The molecule has 0 aliphatic heterocycles. The molecule has 0 saturated carbocycles. The van der Waals surface area contributed by atoms with E-state index in [2.05, 4.69) is 4.98 Å². The molecule has 0 fully saturated rings. The molecule has 1 aromatic rings. The van der Waals surface area contributed by atoms with Gasteiger partial charge in [0.05, 0.1) is 6.20 Å². The van der Waals surface area contributed by atoms with E-state index in [-0.39, 0.29) is 0 Å². The van der Waals surface area contributed by atoms with Crippen molar-refractivity contribution < 1.29 is 4.39 Å². The third-order valence-electron chi connectivity index (χ3n) is 1.09. The molecule has 0 aliphatic rings. The van der Waals surface area contributed by atoms with Gasteiger partial charge in [0.15, 0.2) is 0 Å². The number of halogens is 1. The van der Waals surface area contributed by atoms with Crippen LogP contribution in [0.4, 0.5) is 4.39 Å². The van der Waals surface area contributed by atoms with E-state index in [1.54, 1.807) is 6.92 Å². The number of pyridine rings is 1. The Balaban J connectivity index is 3.17. The van der Waals surface area contributed by atoms with Crippen molar-refractivity contribution >= 4 is 13.3 Å². The molecule has 3 heteroatoms. The van der Waals surface area contributed by atoms with E-state index in [0.717, 1.165) is 6.20 Å². The van der Waals surface area contributed by atoms with Crippen LogP contribution in [0.2, 0.25) is 0 Å². The van der Waals surface area contributed by atoms with Crippen molar-refractivity contribution in [3.8, 4) is 0 Å². The lowest BCUT2D eigenvalue weighted by Gasteiger charge is -1.95. The van der Waals surface area contributed by atoms with Crippen LogP contribution in [0, 0.1) is 12.7 Å². The van der Waals surface area contributed by atoms with Crippen molar-refractivity contribution in [2.45, 2.75) is 6.92 Å². The number of aromatic nitrogens is 1. The summed E-state index contributed by atoms with van der Waals surface area (Å²) in [5.74, 6) is -0.391. The maximum absolute atomic E-state index is 12.2. The first-order chi connectivity index (χ1) is 4.20. The molecule has 1 aromatic heterocycles. The molecule has 1 rings (SSSR count). The van der Waals surface area contributed by atoms with Gasteiger partial charge >= 0.3 is 0 Å². The number of nitrogens with zero attached hydrogens (tertiary/aromatic N) is 1. The Morgan fingerprint density at radius 2 is 2.33 bits per heavy atom. The summed E-state index contributed by atoms with van der Waals surface area (Å²) in [4.78, 5) is 3.68. The Kier molecular flexibility index (Phi) is 1.51. The van der Waals surface area contributed by atoms with E-state index in [1.165, 1.54) is 6.07 Å². The molecule has 0 aromatic carbocycles. The van der Waals surface area contributed by atoms with Gasteiger partial charge in [-0.2, -0.15) is 0 Å². The largest absolute Gasteiger partial charge is 0.259 e. The number of hydrogen-bond donors (Lipinski definition) is 0. The highest BCUT2D eigenvalue weighted by molar-refractivity contribution is 6.32. The molecule has 0 unspecified atom stereocenters. The van der Waals surface area contributed by atoms with Crippen LogP contribution in [0.3, 0.4) is 0 Å². The Hall–Kier alpha value is -0.855. The van der Waals surface area contributed by atoms with Crippen molar-refractivity contribution in [3.63, 3.8) is 0 Å². The molecule has 0 bridgehead atoms. The van der Waals surface area contributed by atoms with Crippen LogP contribution < -0.4 is 5.46 Å². The second-order valence-electron chi connectivity index (χ2n) is 1.83. The Bertz CT molecular complexity index is 224. The molecule has 44 valence electrons. The van der Waals surface area contributed by atoms with Gasteiger partial charge in [-0.15, -0.1) is 0 Å². The Labute approximate surface area is 54.3 Å². The summed E-state index contributed by atoms with van der Waals surface area (Å²) < 4.78 is 12.2. The van der Waals surface area contributed by atoms with Crippen molar-refractivity contribution in [2.24, 2.45) is 0 Å². The van der Waals surface area contributed by atoms with E-state index in [9.17, 15) is 4.39 Å². The summed E-state index contributed by atoms with van der Waals surface area (Å²) in [5, 5.41) is 0. The molecule has 9 heavy (non-hydrogen) atoms. The quantitative estimate of drug-likeness (QED) is 0.450. The summed E-state index contributed by atoms with van der Waals surface area (Å²) >= 11 is 0. The predicted octanol–water partition coefficient (Wildman–Crippen LogP) is 0.323. The van der Waals surface area contributed by atoms with Crippen LogP contribution >= 0.6 is 0 Å². The van der Waals surface area contributed by atoms with E-state index in [1.807, 2.05) is 0 Å². The lowest BCUT2D eigenvalue weighted by atomic mass is 9.95. The monoisotopic (exact) mass is 121 g/mol. The van der Waals surface area contributed by atoms with E-state index in [4.69, 9.17) is 7.85 Å². The minimum atomic E-state index is -0.391. The average Bonchev–Trinajstić information content (AvgIpc) is 1.80. The van der Waals surface area contributed by atoms with Crippen LogP contribution in [0.5, 0.6) is 0 Å². The molecule has 2 radical (unpaired) electrons. The van der Waals surface area contributed by atoms with Gasteiger partial charge in [0.25, 0.3) is 0 Å². The summed E-state index contributed by atoms with van der Waals surface area (Å²) in [6.45, 7) is 1.73. The molecule has 0 atom stereocenters. The second-order valence-corrected chi connectivity index (χ2v) is 1.83. The average molecular weight is 121 g/mol. The number of rotatable bonds is 0. The maximum Gasteiger partial charge on any atom is 0.140 e. The first kappa shape index (κ1) is 6.27. The summed E-state index contributed by atoms with van der Waals surface area (Å²) in [7, 11) is 5.32. The van der Waals surface area contributed by atoms with E-state index >= 15 is 0 Å².